The van der Waals surface area contributed by atoms with Crippen molar-refractivity contribution in [3.63, 3.8) is 0 Å². The first-order chi connectivity index (χ1) is 7.29. The van der Waals surface area contributed by atoms with Crippen LogP contribution in [-0.4, -0.2) is 25.2 Å². The average Bonchev–Trinajstić information content (AvgIpc) is 2.15. The molecule has 0 aliphatic carbocycles. The summed E-state index contributed by atoms with van der Waals surface area (Å²) in [6, 6.07) is 5.42. The summed E-state index contributed by atoms with van der Waals surface area (Å²) in [6.07, 6.45) is 0.378. The summed E-state index contributed by atoms with van der Waals surface area (Å²) in [5, 5.41) is 8.89. The molecule has 0 aliphatic heterocycles. The molecule has 0 unspecified atom stereocenters. The molecule has 8 heteroatoms. The van der Waals surface area contributed by atoms with Gasteiger partial charge in [0.15, 0.2) is 6.29 Å². The van der Waals surface area contributed by atoms with E-state index in [2.05, 4.69) is 0 Å². The quantitative estimate of drug-likeness (QED) is 0.338. The molecule has 1 N–H and O–H groups in total. The fourth-order valence-electron chi connectivity index (χ4n) is 0.813. The van der Waals surface area contributed by atoms with E-state index in [-0.39, 0.29) is 40.0 Å². The maximum atomic E-state index is 10.6. The molecule has 0 atom stereocenters. The summed E-state index contributed by atoms with van der Waals surface area (Å²) in [5.41, 5.74) is -0.0417. The summed E-state index contributed by atoms with van der Waals surface area (Å²) < 4.78 is 29.8. The second-order valence-electron chi connectivity index (χ2n) is 2.62. The third-order valence-electron chi connectivity index (χ3n) is 1.32. The molecule has 6 nitrogen and oxygen atoms in total. The fourth-order valence-corrected chi connectivity index (χ4v) is 1.48. The number of aldehydes is 1. The summed E-state index contributed by atoms with van der Waals surface area (Å²) in [4.78, 5) is 18.8. The Bertz CT molecular complexity index is 478. The molecule has 0 heterocycles. The molecule has 0 spiro atoms. The van der Waals surface area contributed by atoms with E-state index in [0.29, 0.717) is 6.29 Å². The van der Waals surface area contributed by atoms with Crippen LogP contribution in [0.25, 0.3) is 0 Å². The van der Waals surface area contributed by atoms with E-state index in [1.807, 2.05) is 0 Å². The van der Waals surface area contributed by atoms with Crippen molar-refractivity contribution in [2.24, 2.45) is 0 Å². The van der Waals surface area contributed by atoms with Gasteiger partial charge in [-0.25, -0.2) is 0 Å². The van der Waals surface area contributed by atoms with Crippen molar-refractivity contribution in [2.45, 2.75) is 11.8 Å². The standard InChI is InChI=1S/C7H6O4S.C2H4O2.Na/c8-5-6-3-1-2-4-7(6)12(9,10)11;1-2(3)4;/h1-5H,(H,9,10,11);1H3,(H,3,4);/q;;+1/p-1. The molecular formula is C9H9NaO6S. The van der Waals surface area contributed by atoms with Crippen LogP contribution >= 0.6 is 0 Å². The molecule has 1 rings (SSSR count). The van der Waals surface area contributed by atoms with E-state index < -0.39 is 16.1 Å². The zero-order chi connectivity index (χ0) is 12.8. The predicted octanol–water partition coefficient (Wildman–Crippen LogP) is -3.49. The number of carboxylic acid groups (broad SMARTS) is 1. The molecule has 0 saturated carbocycles. The normalized spacial score (nSPS) is 9.29. The molecule has 0 aromatic heterocycles. The van der Waals surface area contributed by atoms with Gasteiger partial charge in [-0.2, -0.15) is 8.42 Å². The molecule has 0 saturated heterocycles. The van der Waals surface area contributed by atoms with Gasteiger partial charge in [0.25, 0.3) is 10.1 Å². The van der Waals surface area contributed by atoms with Crippen LogP contribution in [0.4, 0.5) is 0 Å². The summed E-state index contributed by atoms with van der Waals surface area (Å²) in [7, 11) is -4.28. The fraction of sp³-hybridized carbons (Fsp3) is 0.111. The van der Waals surface area contributed by atoms with Gasteiger partial charge >= 0.3 is 29.6 Å². The number of benzene rings is 1. The van der Waals surface area contributed by atoms with E-state index in [1.54, 1.807) is 0 Å². The SMILES string of the molecule is CC(=O)[O-].O=Cc1ccccc1S(=O)(=O)O.[Na+]. The molecule has 17 heavy (non-hydrogen) atoms. The Balaban J connectivity index is 0. The first-order valence-corrected chi connectivity index (χ1v) is 5.42. The van der Waals surface area contributed by atoms with Crippen LogP contribution in [0.1, 0.15) is 17.3 Å². The van der Waals surface area contributed by atoms with E-state index in [4.69, 9.17) is 14.5 Å². The Morgan fingerprint density at radius 3 is 2.06 bits per heavy atom. The van der Waals surface area contributed by atoms with Gasteiger partial charge in [-0.05, 0) is 13.0 Å². The molecule has 0 amide bonds. The number of carbonyl (C=O) groups is 2. The Morgan fingerprint density at radius 1 is 1.35 bits per heavy atom. The van der Waals surface area contributed by atoms with Crippen molar-refractivity contribution in [3.05, 3.63) is 29.8 Å². The van der Waals surface area contributed by atoms with E-state index >= 15 is 0 Å². The zero-order valence-corrected chi connectivity index (χ0v) is 12.1. The summed E-state index contributed by atoms with van der Waals surface area (Å²) >= 11 is 0. The molecule has 0 radical (unpaired) electrons. The van der Waals surface area contributed by atoms with Gasteiger partial charge < -0.3 is 9.90 Å². The van der Waals surface area contributed by atoms with E-state index in [9.17, 15) is 13.2 Å². The molecule has 1 aromatic rings. The van der Waals surface area contributed by atoms with Gasteiger partial charge in [0.1, 0.15) is 4.90 Å². The van der Waals surface area contributed by atoms with Gasteiger partial charge in [-0.3, -0.25) is 9.35 Å². The van der Waals surface area contributed by atoms with Crippen LogP contribution < -0.4 is 34.7 Å². The maximum absolute atomic E-state index is 10.6. The summed E-state index contributed by atoms with van der Waals surface area (Å²) in [6.45, 7) is 0.972. The number of rotatable bonds is 2. The average molecular weight is 268 g/mol. The largest absolute Gasteiger partial charge is 1.00 e. The van der Waals surface area contributed by atoms with E-state index in [1.165, 1.54) is 24.3 Å². The Hall–Kier alpha value is -0.730. The zero-order valence-electron chi connectivity index (χ0n) is 9.28. The third kappa shape index (κ3) is 8.06. The van der Waals surface area contributed by atoms with Gasteiger partial charge in [-0.1, -0.05) is 18.2 Å². The molecule has 88 valence electrons. The van der Waals surface area contributed by atoms with Crippen LogP contribution in [0.15, 0.2) is 29.2 Å². The van der Waals surface area contributed by atoms with Gasteiger partial charge in [-0.15, -0.1) is 0 Å². The smallest absolute Gasteiger partial charge is 0.550 e. The number of carbonyl (C=O) groups excluding carboxylic acids is 2. The first-order valence-electron chi connectivity index (χ1n) is 3.98. The minimum absolute atomic E-state index is 0. The summed E-state index contributed by atoms with van der Waals surface area (Å²) in [5.74, 6) is -1.08. The molecule has 1 aromatic carbocycles. The van der Waals surface area contributed by atoms with Crippen molar-refractivity contribution in [1.29, 1.82) is 0 Å². The Morgan fingerprint density at radius 2 is 1.76 bits per heavy atom. The van der Waals surface area contributed by atoms with Crippen LogP contribution in [0.5, 0.6) is 0 Å². The Kier molecular flexibility index (Phi) is 9.18. The topological polar surface area (TPSA) is 112 Å². The first kappa shape index (κ1) is 18.6. The number of aliphatic carboxylic acids is 1. The van der Waals surface area contributed by atoms with Crippen molar-refractivity contribution in [1.82, 2.24) is 0 Å². The molecule has 0 fully saturated rings. The van der Waals surface area contributed by atoms with Gasteiger partial charge in [0.2, 0.25) is 0 Å². The second-order valence-corrected chi connectivity index (χ2v) is 4.01. The maximum Gasteiger partial charge on any atom is 1.00 e. The Labute approximate surface area is 121 Å². The van der Waals surface area contributed by atoms with Crippen molar-refractivity contribution in [2.75, 3.05) is 0 Å². The van der Waals surface area contributed by atoms with E-state index in [0.717, 1.165) is 6.92 Å². The van der Waals surface area contributed by atoms with Crippen molar-refractivity contribution < 1.29 is 57.2 Å². The van der Waals surface area contributed by atoms with Crippen LogP contribution in [0.3, 0.4) is 0 Å². The predicted molar refractivity (Wildman–Crippen MR) is 52.3 cm³/mol. The van der Waals surface area contributed by atoms with Crippen LogP contribution in [0.2, 0.25) is 0 Å². The molecule has 0 bridgehead atoms. The van der Waals surface area contributed by atoms with Crippen LogP contribution in [-0.2, 0) is 14.9 Å². The van der Waals surface area contributed by atoms with Crippen molar-refractivity contribution >= 4 is 22.4 Å². The molecule has 0 aliphatic rings. The van der Waals surface area contributed by atoms with Gasteiger partial charge in [0, 0.05) is 11.5 Å². The van der Waals surface area contributed by atoms with Gasteiger partial charge in [0.05, 0.1) is 0 Å². The number of carboxylic acids is 1. The number of hydrogen-bond donors (Lipinski definition) is 1. The minimum atomic E-state index is -4.28. The monoisotopic (exact) mass is 268 g/mol. The minimum Gasteiger partial charge on any atom is -0.550 e. The number of hydrogen-bond acceptors (Lipinski definition) is 5. The second kappa shape index (κ2) is 8.37. The van der Waals surface area contributed by atoms with Crippen molar-refractivity contribution in [3.8, 4) is 0 Å². The molecular weight excluding hydrogens is 259 g/mol. The van der Waals surface area contributed by atoms with Crippen LogP contribution in [0, 0.1) is 0 Å². The third-order valence-corrected chi connectivity index (χ3v) is 2.25.